The molecule has 0 heterocycles. The lowest BCUT2D eigenvalue weighted by Gasteiger charge is -2.59. The second-order valence-corrected chi connectivity index (χ2v) is 9.49. The summed E-state index contributed by atoms with van der Waals surface area (Å²) in [6.07, 6.45) is 4.19. The summed E-state index contributed by atoms with van der Waals surface area (Å²) in [7, 11) is 0. The Morgan fingerprint density at radius 2 is 2.07 bits per heavy atom. The summed E-state index contributed by atoms with van der Waals surface area (Å²) in [5.74, 6) is -0.213. The van der Waals surface area contributed by atoms with Gasteiger partial charge in [-0.1, -0.05) is 31.9 Å². The minimum Gasteiger partial charge on any atom is -0.460 e. The van der Waals surface area contributed by atoms with Gasteiger partial charge in [0.15, 0.2) is 5.78 Å². The van der Waals surface area contributed by atoms with Crippen molar-refractivity contribution in [2.24, 2.45) is 22.7 Å². The molecule has 2 aliphatic rings. The Morgan fingerprint density at radius 3 is 2.69 bits per heavy atom. The first-order valence-electron chi connectivity index (χ1n) is 10.5. The lowest BCUT2D eigenvalue weighted by Crippen LogP contribution is -2.55. The van der Waals surface area contributed by atoms with Gasteiger partial charge in [0.25, 0.3) is 0 Å². The fraction of sp³-hybridized carbons (Fsp3) is 0.739. The van der Waals surface area contributed by atoms with E-state index in [4.69, 9.17) is 9.84 Å². The Kier molecular flexibility index (Phi) is 7.47. The molecular weight excluding hydrogens is 372 g/mol. The molecule has 0 saturated heterocycles. The van der Waals surface area contributed by atoms with Crippen LogP contribution < -0.4 is 0 Å². The summed E-state index contributed by atoms with van der Waals surface area (Å²) >= 11 is 0. The predicted molar refractivity (Wildman–Crippen MR) is 110 cm³/mol. The van der Waals surface area contributed by atoms with Crippen LogP contribution in [0.4, 0.5) is 0 Å². The fourth-order valence-corrected chi connectivity index (χ4v) is 5.21. The highest BCUT2D eigenvalue weighted by Gasteiger charge is 2.57. The van der Waals surface area contributed by atoms with Crippen LogP contribution in [0, 0.1) is 22.7 Å². The van der Waals surface area contributed by atoms with Crippen LogP contribution >= 0.6 is 0 Å². The molecule has 0 aromatic carbocycles. The maximum atomic E-state index is 12.3. The molecule has 0 aliphatic heterocycles. The minimum atomic E-state index is -1.08. The molecule has 1 saturated carbocycles. The second kappa shape index (κ2) is 9.11. The zero-order chi connectivity index (χ0) is 22.0. The van der Waals surface area contributed by atoms with E-state index in [2.05, 4.69) is 20.8 Å². The lowest BCUT2D eigenvalue weighted by atomic mass is 9.46. The van der Waals surface area contributed by atoms with Crippen LogP contribution in [0.25, 0.3) is 0 Å². The molecule has 0 radical (unpaired) electrons. The van der Waals surface area contributed by atoms with Gasteiger partial charge in [0, 0.05) is 12.5 Å². The van der Waals surface area contributed by atoms with E-state index < -0.39 is 24.8 Å². The molecule has 2 rings (SSSR count). The third kappa shape index (κ3) is 4.98. The van der Waals surface area contributed by atoms with E-state index in [0.29, 0.717) is 19.3 Å². The van der Waals surface area contributed by atoms with Crippen molar-refractivity contribution in [1.29, 1.82) is 0 Å². The van der Waals surface area contributed by atoms with Gasteiger partial charge in [0.2, 0.25) is 0 Å². The third-order valence-electron chi connectivity index (χ3n) is 7.55. The highest BCUT2D eigenvalue weighted by molar-refractivity contribution is 5.92. The number of carbonyl (C=O) groups is 2. The van der Waals surface area contributed by atoms with Gasteiger partial charge in [-0.3, -0.25) is 4.79 Å². The first-order chi connectivity index (χ1) is 13.4. The van der Waals surface area contributed by atoms with E-state index in [0.717, 1.165) is 17.6 Å². The Bertz CT molecular complexity index is 695. The number of aliphatic hydroxyl groups excluding tert-OH is 3. The molecule has 2 aliphatic carbocycles. The average molecular weight is 409 g/mol. The number of carbonyl (C=O) groups excluding carboxylic acids is 2. The SMILES string of the molecule is CC(=CC(=O)OCC(O)CO)CCC1(C)C(C)C(O)CC2(C)C(C)=CC(=O)CC21. The number of ketones is 1. The number of fused-ring (bicyclic) bond motifs is 1. The fourth-order valence-electron chi connectivity index (χ4n) is 5.21. The molecule has 0 amide bonds. The van der Waals surface area contributed by atoms with E-state index in [9.17, 15) is 19.8 Å². The van der Waals surface area contributed by atoms with Crippen LogP contribution in [-0.4, -0.2) is 52.5 Å². The van der Waals surface area contributed by atoms with Crippen LogP contribution in [-0.2, 0) is 14.3 Å². The predicted octanol–water partition coefficient (Wildman–Crippen LogP) is 2.56. The van der Waals surface area contributed by atoms with Crippen LogP contribution in [0.3, 0.4) is 0 Å². The van der Waals surface area contributed by atoms with E-state index >= 15 is 0 Å². The molecule has 0 aromatic heterocycles. The maximum Gasteiger partial charge on any atom is 0.330 e. The summed E-state index contributed by atoms with van der Waals surface area (Å²) in [6.45, 7) is 9.54. The number of hydrogen-bond acceptors (Lipinski definition) is 6. The van der Waals surface area contributed by atoms with Gasteiger partial charge >= 0.3 is 5.97 Å². The maximum absolute atomic E-state index is 12.3. The third-order valence-corrected chi connectivity index (χ3v) is 7.55. The highest BCUT2D eigenvalue weighted by atomic mass is 16.5. The van der Waals surface area contributed by atoms with Crippen LogP contribution in [0.5, 0.6) is 0 Å². The van der Waals surface area contributed by atoms with Gasteiger partial charge in [-0.15, -0.1) is 0 Å². The number of allylic oxidation sites excluding steroid dienone is 3. The summed E-state index contributed by atoms with van der Waals surface area (Å²) in [4.78, 5) is 24.2. The smallest absolute Gasteiger partial charge is 0.330 e. The van der Waals surface area contributed by atoms with E-state index in [1.54, 1.807) is 6.08 Å². The molecule has 6 atom stereocenters. The van der Waals surface area contributed by atoms with Crippen LogP contribution in [0.15, 0.2) is 23.3 Å². The average Bonchev–Trinajstić information content (AvgIpc) is 2.65. The molecule has 3 N–H and O–H groups in total. The van der Waals surface area contributed by atoms with Gasteiger partial charge in [-0.2, -0.15) is 0 Å². The van der Waals surface area contributed by atoms with Crippen molar-refractivity contribution < 1.29 is 29.6 Å². The van der Waals surface area contributed by atoms with Crippen LogP contribution in [0.2, 0.25) is 0 Å². The van der Waals surface area contributed by atoms with Gasteiger partial charge in [-0.25, -0.2) is 4.79 Å². The zero-order valence-electron chi connectivity index (χ0n) is 18.3. The van der Waals surface area contributed by atoms with Gasteiger partial charge in [0.05, 0.1) is 12.7 Å². The summed E-state index contributed by atoms with van der Waals surface area (Å²) < 4.78 is 4.93. The molecule has 0 spiro atoms. The molecule has 6 heteroatoms. The van der Waals surface area contributed by atoms with Crippen LogP contribution in [0.1, 0.15) is 60.3 Å². The van der Waals surface area contributed by atoms with Crippen molar-refractivity contribution in [3.05, 3.63) is 23.3 Å². The Morgan fingerprint density at radius 1 is 1.41 bits per heavy atom. The normalized spacial score (nSPS) is 36.3. The zero-order valence-corrected chi connectivity index (χ0v) is 18.3. The molecule has 6 nitrogen and oxygen atoms in total. The summed E-state index contributed by atoms with van der Waals surface area (Å²) in [5, 5.41) is 28.9. The Hall–Kier alpha value is -1.50. The van der Waals surface area contributed by atoms with Crippen molar-refractivity contribution in [3.8, 4) is 0 Å². The van der Waals surface area contributed by atoms with Crippen molar-refractivity contribution >= 4 is 11.8 Å². The highest BCUT2D eigenvalue weighted by Crippen LogP contribution is 2.61. The first kappa shape index (κ1) is 23.8. The monoisotopic (exact) mass is 408 g/mol. The number of hydrogen-bond donors (Lipinski definition) is 3. The molecule has 6 unspecified atom stereocenters. The Labute approximate surface area is 173 Å². The molecular formula is C23H36O6. The molecule has 29 heavy (non-hydrogen) atoms. The van der Waals surface area contributed by atoms with Crippen molar-refractivity contribution in [3.63, 3.8) is 0 Å². The number of aliphatic hydroxyl groups is 3. The quantitative estimate of drug-likeness (QED) is 0.442. The standard InChI is InChI=1S/C23H36O6/c1-14(8-21(28)29-13-18(26)12-24)6-7-22(4)16(3)19(27)11-23(5)15(2)9-17(25)10-20(22)23/h8-9,16,18-20,24,26-27H,6-7,10-13H2,1-5H3. The van der Waals surface area contributed by atoms with Gasteiger partial charge in [0.1, 0.15) is 12.7 Å². The van der Waals surface area contributed by atoms with Gasteiger partial charge in [-0.05, 0) is 61.9 Å². The largest absolute Gasteiger partial charge is 0.460 e. The lowest BCUT2D eigenvalue weighted by molar-refractivity contribution is -0.141. The van der Waals surface area contributed by atoms with E-state index in [1.165, 1.54) is 6.08 Å². The van der Waals surface area contributed by atoms with E-state index in [1.807, 2.05) is 13.8 Å². The summed E-state index contributed by atoms with van der Waals surface area (Å²) in [5.41, 5.74) is 1.45. The van der Waals surface area contributed by atoms with Crippen molar-refractivity contribution in [2.75, 3.05) is 13.2 Å². The van der Waals surface area contributed by atoms with Crippen molar-refractivity contribution in [2.45, 2.75) is 72.5 Å². The van der Waals surface area contributed by atoms with Crippen molar-refractivity contribution in [1.82, 2.24) is 0 Å². The molecule has 0 aromatic rings. The van der Waals surface area contributed by atoms with Gasteiger partial charge < -0.3 is 20.1 Å². The molecule has 1 fully saturated rings. The molecule has 0 bridgehead atoms. The minimum absolute atomic E-state index is 0.0405. The summed E-state index contributed by atoms with van der Waals surface area (Å²) in [6, 6.07) is 0. The number of rotatable bonds is 7. The topological polar surface area (TPSA) is 104 Å². The first-order valence-corrected chi connectivity index (χ1v) is 10.5. The number of ether oxygens (including phenoxy) is 1. The molecule has 164 valence electrons. The number of esters is 1. The van der Waals surface area contributed by atoms with E-state index in [-0.39, 0.29) is 35.1 Å². The Balaban J connectivity index is 2.14. The second-order valence-electron chi connectivity index (χ2n) is 9.49.